The molecule has 0 aliphatic rings. The summed E-state index contributed by atoms with van der Waals surface area (Å²) in [7, 11) is 3.56. The van der Waals surface area contributed by atoms with E-state index in [0.717, 1.165) is 11.4 Å². The largest absolute Gasteiger partial charge is 0.384 e. The molecule has 6 heteroatoms. The SMILES string of the molecule is CNc1nccc(-c2cc(N)n(C)n2)n1. The summed E-state index contributed by atoms with van der Waals surface area (Å²) in [5, 5.41) is 7.10. The topological polar surface area (TPSA) is 81.6 Å². The Morgan fingerprint density at radius 3 is 2.80 bits per heavy atom. The lowest BCUT2D eigenvalue weighted by Crippen LogP contribution is -1.98. The quantitative estimate of drug-likeness (QED) is 0.744. The highest BCUT2D eigenvalue weighted by Gasteiger charge is 2.06. The fourth-order valence-electron chi connectivity index (χ4n) is 1.23. The van der Waals surface area contributed by atoms with Gasteiger partial charge in [0.25, 0.3) is 0 Å². The molecule has 2 aromatic heterocycles. The van der Waals surface area contributed by atoms with Gasteiger partial charge in [0, 0.05) is 26.4 Å². The molecule has 0 saturated carbocycles. The van der Waals surface area contributed by atoms with Crippen LogP contribution in [0, 0.1) is 0 Å². The van der Waals surface area contributed by atoms with Gasteiger partial charge in [-0.25, -0.2) is 9.97 Å². The van der Waals surface area contributed by atoms with E-state index in [1.807, 2.05) is 0 Å². The van der Waals surface area contributed by atoms with Crippen LogP contribution in [0.4, 0.5) is 11.8 Å². The van der Waals surface area contributed by atoms with Crippen LogP contribution in [0.25, 0.3) is 11.4 Å². The highest BCUT2D eigenvalue weighted by molar-refractivity contribution is 5.58. The molecule has 78 valence electrons. The van der Waals surface area contributed by atoms with E-state index in [2.05, 4.69) is 20.4 Å². The molecule has 0 aliphatic carbocycles. The average Bonchev–Trinajstić information content (AvgIpc) is 2.59. The van der Waals surface area contributed by atoms with Gasteiger partial charge in [-0.2, -0.15) is 5.10 Å². The van der Waals surface area contributed by atoms with Crippen LogP contribution in [0.3, 0.4) is 0 Å². The van der Waals surface area contributed by atoms with Gasteiger partial charge in [0.1, 0.15) is 11.5 Å². The van der Waals surface area contributed by atoms with Crippen molar-refractivity contribution in [2.45, 2.75) is 0 Å². The van der Waals surface area contributed by atoms with E-state index in [1.54, 1.807) is 37.1 Å². The molecule has 0 saturated heterocycles. The summed E-state index contributed by atoms with van der Waals surface area (Å²) in [5.41, 5.74) is 7.19. The van der Waals surface area contributed by atoms with Crippen LogP contribution >= 0.6 is 0 Å². The third-order valence-corrected chi connectivity index (χ3v) is 2.06. The Kier molecular flexibility index (Phi) is 2.24. The molecular formula is C9H12N6. The van der Waals surface area contributed by atoms with Crippen LogP contribution in [0.15, 0.2) is 18.3 Å². The maximum absolute atomic E-state index is 5.69. The highest BCUT2D eigenvalue weighted by Crippen LogP contribution is 2.17. The number of rotatable bonds is 2. The Morgan fingerprint density at radius 2 is 2.20 bits per heavy atom. The minimum Gasteiger partial charge on any atom is -0.384 e. The number of aromatic nitrogens is 4. The zero-order chi connectivity index (χ0) is 10.8. The van der Waals surface area contributed by atoms with Gasteiger partial charge in [0.2, 0.25) is 5.95 Å². The summed E-state index contributed by atoms with van der Waals surface area (Å²) in [6.07, 6.45) is 1.68. The molecule has 0 atom stereocenters. The minimum atomic E-state index is 0.566. The van der Waals surface area contributed by atoms with Gasteiger partial charge in [-0.1, -0.05) is 0 Å². The molecule has 0 bridgehead atoms. The van der Waals surface area contributed by atoms with E-state index in [1.165, 1.54) is 0 Å². The van der Waals surface area contributed by atoms with Crippen LogP contribution in [0.1, 0.15) is 0 Å². The normalized spacial score (nSPS) is 10.3. The molecule has 6 nitrogen and oxygen atoms in total. The molecule has 0 aliphatic heterocycles. The lowest BCUT2D eigenvalue weighted by Gasteiger charge is -1.99. The van der Waals surface area contributed by atoms with Gasteiger partial charge in [0.15, 0.2) is 0 Å². The molecule has 3 N–H and O–H groups in total. The molecule has 0 spiro atoms. The Labute approximate surface area is 87.2 Å². The molecule has 0 radical (unpaired) electrons. The van der Waals surface area contributed by atoms with Crippen molar-refractivity contribution in [2.75, 3.05) is 18.1 Å². The highest BCUT2D eigenvalue weighted by atomic mass is 15.3. The average molecular weight is 204 g/mol. The van der Waals surface area contributed by atoms with Crippen molar-refractivity contribution in [3.8, 4) is 11.4 Å². The van der Waals surface area contributed by atoms with E-state index in [4.69, 9.17) is 5.73 Å². The monoisotopic (exact) mass is 204 g/mol. The first-order valence-corrected chi connectivity index (χ1v) is 4.51. The van der Waals surface area contributed by atoms with Crippen molar-refractivity contribution in [1.82, 2.24) is 19.7 Å². The Balaban J connectivity index is 2.44. The number of aryl methyl sites for hydroxylation is 1. The van der Waals surface area contributed by atoms with Crippen molar-refractivity contribution >= 4 is 11.8 Å². The number of hydrogen-bond acceptors (Lipinski definition) is 5. The van der Waals surface area contributed by atoms with E-state index < -0.39 is 0 Å². The molecule has 0 fully saturated rings. The summed E-state index contributed by atoms with van der Waals surface area (Å²) >= 11 is 0. The first-order valence-electron chi connectivity index (χ1n) is 4.51. The van der Waals surface area contributed by atoms with Crippen molar-refractivity contribution in [3.63, 3.8) is 0 Å². The fraction of sp³-hybridized carbons (Fsp3) is 0.222. The number of nitrogen functional groups attached to an aromatic ring is 1. The molecule has 2 rings (SSSR count). The number of hydrogen-bond donors (Lipinski definition) is 2. The van der Waals surface area contributed by atoms with E-state index >= 15 is 0 Å². The van der Waals surface area contributed by atoms with Crippen molar-refractivity contribution in [3.05, 3.63) is 18.3 Å². The van der Waals surface area contributed by atoms with Crippen LogP contribution in [0.2, 0.25) is 0 Å². The van der Waals surface area contributed by atoms with E-state index in [0.29, 0.717) is 11.8 Å². The molecule has 15 heavy (non-hydrogen) atoms. The third-order valence-electron chi connectivity index (χ3n) is 2.06. The first kappa shape index (κ1) is 9.45. The molecule has 0 unspecified atom stereocenters. The second-order valence-corrected chi connectivity index (χ2v) is 3.09. The Hall–Kier alpha value is -2.11. The number of nitrogens with two attached hydrogens (primary N) is 1. The summed E-state index contributed by atoms with van der Waals surface area (Å²) in [4.78, 5) is 8.29. The fourth-order valence-corrected chi connectivity index (χ4v) is 1.23. The predicted octanol–water partition coefficient (Wildman–Crippen LogP) is 0.501. The van der Waals surface area contributed by atoms with Gasteiger partial charge >= 0.3 is 0 Å². The van der Waals surface area contributed by atoms with E-state index in [9.17, 15) is 0 Å². The van der Waals surface area contributed by atoms with Gasteiger partial charge in [-0.05, 0) is 6.07 Å². The number of anilines is 2. The number of nitrogens with one attached hydrogen (secondary N) is 1. The van der Waals surface area contributed by atoms with Gasteiger partial charge in [0.05, 0.1) is 5.69 Å². The third kappa shape index (κ3) is 1.74. The lowest BCUT2D eigenvalue weighted by atomic mass is 10.3. The molecule has 2 aromatic rings. The molecular weight excluding hydrogens is 192 g/mol. The van der Waals surface area contributed by atoms with Crippen molar-refractivity contribution < 1.29 is 0 Å². The smallest absolute Gasteiger partial charge is 0.222 e. The summed E-state index contributed by atoms with van der Waals surface area (Å²) in [6.45, 7) is 0. The minimum absolute atomic E-state index is 0.566. The standard InChI is InChI=1S/C9H12N6/c1-11-9-12-4-3-6(13-9)7-5-8(10)15(2)14-7/h3-5H,10H2,1-2H3,(H,11,12,13). The first-order chi connectivity index (χ1) is 7.20. The number of nitrogens with zero attached hydrogens (tertiary/aromatic N) is 4. The zero-order valence-electron chi connectivity index (χ0n) is 8.60. The van der Waals surface area contributed by atoms with Crippen LogP contribution in [-0.4, -0.2) is 26.8 Å². The van der Waals surface area contributed by atoms with Gasteiger partial charge in [-0.3, -0.25) is 4.68 Å². The molecule has 0 amide bonds. The summed E-state index contributed by atoms with van der Waals surface area (Å²) < 4.78 is 1.61. The predicted molar refractivity (Wildman–Crippen MR) is 58.2 cm³/mol. The maximum Gasteiger partial charge on any atom is 0.222 e. The van der Waals surface area contributed by atoms with Crippen LogP contribution in [-0.2, 0) is 7.05 Å². The Bertz CT molecular complexity index is 456. The Morgan fingerprint density at radius 1 is 1.40 bits per heavy atom. The van der Waals surface area contributed by atoms with Crippen LogP contribution in [0.5, 0.6) is 0 Å². The van der Waals surface area contributed by atoms with Crippen molar-refractivity contribution in [1.29, 1.82) is 0 Å². The van der Waals surface area contributed by atoms with Crippen LogP contribution < -0.4 is 11.1 Å². The van der Waals surface area contributed by atoms with Crippen molar-refractivity contribution in [2.24, 2.45) is 7.05 Å². The van der Waals surface area contributed by atoms with E-state index in [-0.39, 0.29) is 0 Å². The maximum atomic E-state index is 5.69. The second kappa shape index (κ2) is 3.56. The van der Waals surface area contributed by atoms with Gasteiger partial charge < -0.3 is 11.1 Å². The summed E-state index contributed by atoms with van der Waals surface area (Å²) in [6, 6.07) is 3.57. The van der Waals surface area contributed by atoms with Gasteiger partial charge in [-0.15, -0.1) is 0 Å². The second-order valence-electron chi connectivity index (χ2n) is 3.09. The molecule has 2 heterocycles. The lowest BCUT2D eigenvalue weighted by molar-refractivity contribution is 0.781. The molecule has 0 aromatic carbocycles. The zero-order valence-corrected chi connectivity index (χ0v) is 8.60. The summed E-state index contributed by atoms with van der Waals surface area (Å²) in [5.74, 6) is 1.17.